The van der Waals surface area contributed by atoms with Crippen molar-refractivity contribution in [1.82, 2.24) is 19.8 Å². The Morgan fingerprint density at radius 3 is 2.57 bits per heavy atom. The molecule has 23 heavy (non-hydrogen) atoms. The van der Waals surface area contributed by atoms with Crippen LogP contribution in [0.4, 0.5) is 0 Å². The summed E-state index contributed by atoms with van der Waals surface area (Å²) >= 11 is 9.32. The van der Waals surface area contributed by atoms with Gasteiger partial charge in [0.15, 0.2) is 5.16 Å². The van der Waals surface area contributed by atoms with Gasteiger partial charge in [-0.15, -0.1) is 11.3 Å². The van der Waals surface area contributed by atoms with E-state index in [2.05, 4.69) is 29.0 Å². The number of nitrogens with zero attached hydrogens (tertiary/aromatic N) is 4. The fourth-order valence-electron chi connectivity index (χ4n) is 2.09. The van der Waals surface area contributed by atoms with E-state index in [1.165, 1.54) is 11.3 Å². The van der Waals surface area contributed by atoms with Gasteiger partial charge >= 0.3 is 0 Å². The second-order valence-electron chi connectivity index (χ2n) is 5.74. The standard InChI is InChI=1S/C15H21ClN4OS2/c1-9-10-12(16)17-15(22-8-6-7-19(2)3)18-13(10)23-11(9)14(21)20(4)5/h6-8H2,1-5H3. The summed E-state index contributed by atoms with van der Waals surface area (Å²) in [5.74, 6) is 0.912. The van der Waals surface area contributed by atoms with Crippen LogP contribution in [0.1, 0.15) is 21.7 Å². The van der Waals surface area contributed by atoms with Crippen molar-refractivity contribution >= 4 is 50.8 Å². The Labute approximate surface area is 150 Å². The van der Waals surface area contributed by atoms with E-state index in [-0.39, 0.29) is 5.91 Å². The van der Waals surface area contributed by atoms with Crippen LogP contribution in [0, 0.1) is 6.92 Å². The average molecular weight is 373 g/mol. The van der Waals surface area contributed by atoms with Gasteiger partial charge in [0.05, 0.1) is 10.3 Å². The summed E-state index contributed by atoms with van der Waals surface area (Å²) in [5.41, 5.74) is 0.859. The largest absolute Gasteiger partial charge is 0.344 e. The predicted octanol–water partition coefficient (Wildman–Crippen LogP) is 3.40. The zero-order chi connectivity index (χ0) is 17.1. The molecule has 0 atom stereocenters. The van der Waals surface area contributed by atoms with E-state index < -0.39 is 0 Å². The molecular formula is C15H21ClN4OS2. The van der Waals surface area contributed by atoms with E-state index in [4.69, 9.17) is 11.6 Å². The highest BCUT2D eigenvalue weighted by Gasteiger charge is 2.21. The van der Waals surface area contributed by atoms with Gasteiger partial charge in [0, 0.05) is 19.8 Å². The van der Waals surface area contributed by atoms with Gasteiger partial charge in [0.25, 0.3) is 5.91 Å². The fraction of sp³-hybridized carbons (Fsp3) is 0.533. The number of hydrogen-bond donors (Lipinski definition) is 0. The van der Waals surface area contributed by atoms with Crippen molar-refractivity contribution < 1.29 is 4.79 Å². The van der Waals surface area contributed by atoms with Crippen molar-refractivity contribution in [3.05, 3.63) is 15.6 Å². The molecule has 2 aromatic rings. The first-order valence-corrected chi connectivity index (χ1v) is 9.45. The van der Waals surface area contributed by atoms with E-state index in [1.54, 1.807) is 30.8 Å². The van der Waals surface area contributed by atoms with Crippen LogP contribution in [-0.2, 0) is 0 Å². The van der Waals surface area contributed by atoms with Gasteiger partial charge in [0.2, 0.25) is 0 Å². The summed E-state index contributed by atoms with van der Waals surface area (Å²) in [7, 11) is 7.60. The number of fused-ring (bicyclic) bond motifs is 1. The zero-order valence-electron chi connectivity index (χ0n) is 14.0. The maximum Gasteiger partial charge on any atom is 0.263 e. The van der Waals surface area contributed by atoms with Crippen molar-refractivity contribution in [3.63, 3.8) is 0 Å². The Kier molecular flexibility index (Phi) is 6.25. The SMILES string of the molecule is Cc1c(C(=O)N(C)C)sc2nc(SCCCN(C)C)nc(Cl)c12. The molecule has 2 aromatic heterocycles. The van der Waals surface area contributed by atoms with Gasteiger partial charge in [-0.1, -0.05) is 23.4 Å². The molecule has 0 saturated heterocycles. The van der Waals surface area contributed by atoms with Crippen LogP contribution in [0.3, 0.4) is 0 Å². The molecule has 5 nitrogen and oxygen atoms in total. The lowest BCUT2D eigenvalue weighted by Gasteiger charge is -2.08. The van der Waals surface area contributed by atoms with Crippen LogP contribution in [0.2, 0.25) is 5.15 Å². The van der Waals surface area contributed by atoms with Crippen LogP contribution in [0.25, 0.3) is 10.2 Å². The second kappa shape index (κ2) is 7.79. The first-order valence-electron chi connectivity index (χ1n) is 7.27. The van der Waals surface area contributed by atoms with E-state index in [0.717, 1.165) is 34.5 Å². The monoisotopic (exact) mass is 372 g/mol. The predicted molar refractivity (Wildman–Crippen MR) is 99.1 cm³/mol. The maximum atomic E-state index is 12.2. The molecule has 0 bridgehead atoms. The molecule has 2 heterocycles. The molecule has 8 heteroatoms. The normalized spacial score (nSPS) is 11.4. The van der Waals surface area contributed by atoms with E-state index in [9.17, 15) is 4.79 Å². The molecule has 0 aliphatic heterocycles. The highest BCUT2D eigenvalue weighted by molar-refractivity contribution is 7.99. The molecule has 0 aliphatic carbocycles. The molecule has 0 saturated carbocycles. The fourth-order valence-corrected chi connectivity index (χ4v) is 4.53. The lowest BCUT2D eigenvalue weighted by Crippen LogP contribution is -2.21. The Morgan fingerprint density at radius 2 is 1.96 bits per heavy atom. The van der Waals surface area contributed by atoms with Gasteiger partial charge in [-0.25, -0.2) is 9.97 Å². The number of aryl methyl sites for hydroxylation is 1. The Bertz CT molecular complexity index is 715. The van der Waals surface area contributed by atoms with Crippen molar-refractivity contribution in [1.29, 1.82) is 0 Å². The van der Waals surface area contributed by atoms with Crippen molar-refractivity contribution in [2.75, 3.05) is 40.5 Å². The molecule has 0 N–H and O–H groups in total. The first kappa shape index (κ1) is 18.4. The second-order valence-corrected chi connectivity index (χ2v) is 8.16. The number of rotatable bonds is 6. The molecule has 0 aromatic carbocycles. The summed E-state index contributed by atoms with van der Waals surface area (Å²) < 4.78 is 0. The maximum absolute atomic E-state index is 12.2. The van der Waals surface area contributed by atoms with Gasteiger partial charge < -0.3 is 9.80 Å². The summed E-state index contributed by atoms with van der Waals surface area (Å²) in [4.78, 5) is 26.4. The minimum atomic E-state index is -0.0262. The smallest absolute Gasteiger partial charge is 0.263 e. The number of amides is 1. The van der Waals surface area contributed by atoms with Crippen LogP contribution in [0.15, 0.2) is 5.16 Å². The molecule has 0 radical (unpaired) electrons. The number of thiophene rings is 1. The molecule has 2 rings (SSSR count). The highest BCUT2D eigenvalue weighted by Crippen LogP contribution is 2.35. The Balaban J connectivity index is 2.26. The number of aromatic nitrogens is 2. The van der Waals surface area contributed by atoms with Crippen LogP contribution in [-0.4, -0.2) is 66.2 Å². The topological polar surface area (TPSA) is 49.3 Å². The third-order valence-electron chi connectivity index (χ3n) is 3.31. The van der Waals surface area contributed by atoms with Gasteiger partial charge in [-0.05, 0) is 39.5 Å². The molecular weight excluding hydrogens is 352 g/mol. The molecule has 0 spiro atoms. The molecule has 126 valence electrons. The van der Waals surface area contributed by atoms with E-state index in [1.807, 2.05) is 6.92 Å². The molecule has 0 fully saturated rings. The van der Waals surface area contributed by atoms with Crippen LogP contribution in [0.5, 0.6) is 0 Å². The van der Waals surface area contributed by atoms with E-state index in [0.29, 0.717) is 15.2 Å². The molecule has 0 unspecified atom stereocenters. The third-order valence-corrected chi connectivity index (χ3v) is 5.69. The number of hydrogen-bond acceptors (Lipinski definition) is 6. The number of carbonyl (C=O) groups is 1. The Morgan fingerprint density at radius 1 is 1.26 bits per heavy atom. The van der Waals surface area contributed by atoms with Gasteiger partial charge in [0.1, 0.15) is 9.98 Å². The average Bonchev–Trinajstić information content (AvgIpc) is 2.80. The van der Waals surface area contributed by atoms with Crippen LogP contribution < -0.4 is 0 Å². The molecule has 0 aliphatic rings. The summed E-state index contributed by atoms with van der Waals surface area (Å²) in [6, 6.07) is 0. The van der Waals surface area contributed by atoms with Gasteiger partial charge in [-0.2, -0.15) is 0 Å². The summed E-state index contributed by atoms with van der Waals surface area (Å²) in [6.45, 7) is 2.93. The van der Waals surface area contributed by atoms with Crippen molar-refractivity contribution in [3.8, 4) is 0 Å². The van der Waals surface area contributed by atoms with Gasteiger partial charge in [-0.3, -0.25) is 4.79 Å². The minimum Gasteiger partial charge on any atom is -0.344 e. The lowest BCUT2D eigenvalue weighted by molar-refractivity contribution is 0.0831. The van der Waals surface area contributed by atoms with E-state index >= 15 is 0 Å². The van der Waals surface area contributed by atoms with Crippen LogP contribution >= 0.6 is 34.7 Å². The lowest BCUT2D eigenvalue weighted by atomic mass is 10.2. The first-order chi connectivity index (χ1) is 10.8. The number of carbonyl (C=O) groups excluding carboxylic acids is 1. The van der Waals surface area contributed by atoms with Crippen molar-refractivity contribution in [2.24, 2.45) is 0 Å². The zero-order valence-corrected chi connectivity index (χ0v) is 16.4. The highest BCUT2D eigenvalue weighted by atomic mass is 35.5. The minimum absolute atomic E-state index is 0.0262. The number of halogens is 1. The summed E-state index contributed by atoms with van der Waals surface area (Å²) in [5, 5.41) is 1.89. The quantitative estimate of drug-likeness (QED) is 0.336. The Hall–Kier alpha value is -0.890. The molecule has 1 amide bonds. The summed E-state index contributed by atoms with van der Waals surface area (Å²) in [6.07, 6.45) is 1.06. The van der Waals surface area contributed by atoms with Crippen molar-refractivity contribution in [2.45, 2.75) is 18.5 Å². The number of thioether (sulfide) groups is 1. The third kappa shape index (κ3) is 4.35.